The Morgan fingerprint density at radius 1 is 1.15 bits per heavy atom. The molecule has 3 N–H and O–H groups in total. The van der Waals surface area contributed by atoms with Crippen molar-refractivity contribution < 1.29 is 24.5 Å². The fourth-order valence-corrected chi connectivity index (χ4v) is 2.94. The lowest BCUT2D eigenvalue weighted by atomic mass is 10.1. The smallest absolute Gasteiger partial charge is 0.407 e. The second-order valence-electron chi connectivity index (χ2n) is 6.61. The van der Waals surface area contributed by atoms with E-state index in [1.807, 2.05) is 30.3 Å². The normalized spacial score (nSPS) is 19.4. The highest BCUT2D eigenvalue weighted by molar-refractivity contribution is 5.76. The number of amides is 2. The van der Waals surface area contributed by atoms with Gasteiger partial charge in [0, 0.05) is 32.0 Å². The third-order valence-electron chi connectivity index (χ3n) is 4.54. The fraction of sp³-hybridized carbons (Fsp3) is 0.579. The monoisotopic (exact) mass is 364 g/mol. The van der Waals surface area contributed by atoms with Crippen molar-refractivity contribution in [2.45, 2.75) is 38.4 Å². The minimum Gasteiger partial charge on any atom is -0.445 e. The third-order valence-corrected chi connectivity index (χ3v) is 4.54. The first-order chi connectivity index (χ1) is 12.6. The van der Waals surface area contributed by atoms with Gasteiger partial charge in [0.15, 0.2) is 0 Å². The summed E-state index contributed by atoms with van der Waals surface area (Å²) in [6.45, 7) is 1.38. The van der Waals surface area contributed by atoms with Crippen LogP contribution in [0, 0.1) is 5.92 Å². The number of nitrogens with one attached hydrogen (secondary N) is 1. The van der Waals surface area contributed by atoms with Gasteiger partial charge in [0.1, 0.15) is 6.61 Å². The van der Waals surface area contributed by atoms with Gasteiger partial charge in [0.05, 0.1) is 12.7 Å². The molecule has 7 heteroatoms. The Labute approximate surface area is 154 Å². The van der Waals surface area contributed by atoms with Crippen LogP contribution in [0.5, 0.6) is 0 Å². The van der Waals surface area contributed by atoms with Crippen LogP contribution in [0.1, 0.15) is 31.2 Å². The maximum atomic E-state index is 12.1. The highest BCUT2D eigenvalue weighted by Gasteiger charge is 2.32. The van der Waals surface area contributed by atoms with Crippen molar-refractivity contribution in [1.82, 2.24) is 10.2 Å². The van der Waals surface area contributed by atoms with Crippen LogP contribution < -0.4 is 5.32 Å². The molecule has 2 amide bonds. The number of benzene rings is 1. The summed E-state index contributed by atoms with van der Waals surface area (Å²) in [6, 6.07) is 9.49. The van der Waals surface area contributed by atoms with E-state index in [2.05, 4.69) is 5.32 Å². The van der Waals surface area contributed by atoms with Crippen LogP contribution in [0.15, 0.2) is 30.3 Å². The molecule has 1 aliphatic heterocycles. The van der Waals surface area contributed by atoms with Gasteiger partial charge in [-0.25, -0.2) is 4.79 Å². The van der Waals surface area contributed by atoms with Crippen molar-refractivity contribution in [2.24, 2.45) is 5.92 Å². The first-order valence-electron chi connectivity index (χ1n) is 9.11. The predicted molar refractivity (Wildman–Crippen MR) is 96.3 cm³/mol. The highest BCUT2D eigenvalue weighted by atomic mass is 16.5. The summed E-state index contributed by atoms with van der Waals surface area (Å²) in [5, 5.41) is 21.5. The van der Waals surface area contributed by atoms with Crippen molar-refractivity contribution in [1.29, 1.82) is 0 Å². The van der Waals surface area contributed by atoms with Crippen molar-refractivity contribution >= 4 is 12.0 Å². The number of rotatable bonds is 9. The van der Waals surface area contributed by atoms with Gasteiger partial charge in [0.2, 0.25) is 5.91 Å². The van der Waals surface area contributed by atoms with Gasteiger partial charge >= 0.3 is 6.09 Å². The van der Waals surface area contributed by atoms with Gasteiger partial charge in [-0.15, -0.1) is 0 Å². The SMILES string of the molecule is O=C(NCCCCCC(=O)N1CC(O)C(CO)C1)OCc1ccccc1. The van der Waals surface area contributed by atoms with Gasteiger partial charge in [-0.2, -0.15) is 0 Å². The first kappa shape index (κ1) is 20.2. The average molecular weight is 364 g/mol. The molecule has 2 unspecified atom stereocenters. The molecule has 2 rings (SSSR count). The van der Waals surface area contributed by atoms with E-state index in [1.165, 1.54) is 0 Å². The summed E-state index contributed by atoms with van der Waals surface area (Å²) in [6.07, 6.45) is 1.68. The molecule has 1 aromatic carbocycles. The number of hydrogen-bond donors (Lipinski definition) is 3. The topological polar surface area (TPSA) is 99.1 Å². The molecule has 0 aliphatic carbocycles. The lowest BCUT2D eigenvalue weighted by Gasteiger charge is -2.15. The summed E-state index contributed by atoms with van der Waals surface area (Å²) < 4.78 is 5.12. The van der Waals surface area contributed by atoms with E-state index >= 15 is 0 Å². The molecule has 0 spiro atoms. The van der Waals surface area contributed by atoms with Gasteiger partial charge in [-0.3, -0.25) is 4.79 Å². The Hall–Kier alpha value is -2.12. The number of hydrogen-bond acceptors (Lipinski definition) is 5. The van der Waals surface area contributed by atoms with Crippen molar-refractivity contribution in [3.05, 3.63) is 35.9 Å². The number of aliphatic hydroxyl groups is 2. The Morgan fingerprint density at radius 3 is 2.62 bits per heavy atom. The van der Waals surface area contributed by atoms with Crippen LogP contribution in [0.2, 0.25) is 0 Å². The first-order valence-corrected chi connectivity index (χ1v) is 9.11. The molecule has 2 atom stereocenters. The van der Waals surface area contributed by atoms with Crippen molar-refractivity contribution in [3.63, 3.8) is 0 Å². The standard InChI is InChI=1S/C19H28N2O5/c22-13-16-11-21(12-17(16)23)18(24)9-5-2-6-10-20-19(25)26-14-15-7-3-1-4-8-15/h1,3-4,7-8,16-17,22-23H,2,5-6,9-14H2,(H,20,25). The molecular formula is C19H28N2O5. The Bertz CT molecular complexity index is 566. The van der Waals surface area contributed by atoms with E-state index in [4.69, 9.17) is 9.84 Å². The van der Waals surface area contributed by atoms with Crippen LogP contribution in [0.25, 0.3) is 0 Å². The molecule has 1 aliphatic rings. The molecule has 1 saturated heterocycles. The minimum absolute atomic E-state index is 0.00947. The number of ether oxygens (including phenoxy) is 1. The van der Waals surface area contributed by atoms with E-state index in [9.17, 15) is 14.7 Å². The van der Waals surface area contributed by atoms with E-state index < -0.39 is 12.2 Å². The average Bonchev–Trinajstić information content (AvgIpc) is 3.04. The predicted octanol–water partition coefficient (Wildman–Crippen LogP) is 1.28. The summed E-state index contributed by atoms with van der Waals surface area (Å²) in [5.74, 6) is -0.222. The van der Waals surface area contributed by atoms with E-state index in [0.717, 1.165) is 24.8 Å². The van der Waals surface area contributed by atoms with Gasteiger partial charge in [0.25, 0.3) is 0 Å². The van der Waals surface area contributed by atoms with E-state index in [0.29, 0.717) is 26.1 Å². The number of carbonyl (C=O) groups is 2. The molecule has 0 saturated carbocycles. The molecule has 0 radical (unpaired) electrons. The van der Waals surface area contributed by atoms with Crippen LogP contribution in [0.4, 0.5) is 4.79 Å². The number of likely N-dealkylation sites (tertiary alicyclic amines) is 1. The molecule has 1 aromatic rings. The van der Waals surface area contributed by atoms with Gasteiger partial charge < -0.3 is 25.2 Å². The molecular weight excluding hydrogens is 336 g/mol. The highest BCUT2D eigenvalue weighted by Crippen LogP contribution is 2.18. The third kappa shape index (κ3) is 6.65. The molecule has 0 aromatic heterocycles. The lowest BCUT2D eigenvalue weighted by molar-refractivity contribution is -0.130. The Kier molecular flexibility index (Phi) is 8.37. The summed E-state index contributed by atoms with van der Waals surface area (Å²) in [7, 11) is 0. The van der Waals surface area contributed by atoms with Crippen molar-refractivity contribution in [3.8, 4) is 0 Å². The fourth-order valence-electron chi connectivity index (χ4n) is 2.94. The maximum absolute atomic E-state index is 12.1. The summed E-state index contributed by atoms with van der Waals surface area (Å²) in [4.78, 5) is 25.3. The van der Waals surface area contributed by atoms with E-state index in [1.54, 1.807) is 4.90 Å². The minimum atomic E-state index is -0.630. The zero-order chi connectivity index (χ0) is 18.8. The Balaban J connectivity index is 1.49. The number of alkyl carbamates (subject to hydrolysis) is 1. The molecule has 1 heterocycles. The van der Waals surface area contributed by atoms with Gasteiger partial charge in [-0.1, -0.05) is 36.8 Å². The molecule has 7 nitrogen and oxygen atoms in total. The molecule has 1 fully saturated rings. The van der Waals surface area contributed by atoms with Crippen LogP contribution in [-0.2, 0) is 16.1 Å². The number of aliphatic hydroxyl groups excluding tert-OH is 2. The van der Waals surface area contributed by atoms with E-state index in [-0.39, 0.29) is 25.0 Å². The number of nitrogens with zero attached hydrogens (tertiary/aromatic N) is 1. The zero-order valence-corrected chi connectivity index (χ0v) is 15.0. The summed E-state index contributed by atoms with van der Waals surface area (Å²) in [5.41, 5.74) is 0.941. The number of carbonyl (C=O) groups excluding carboxylic acids is 2. The molecule has 144 valence electrons. The zero-order valence-electron chi connectivity index (χ0n) is 15.0. The van der Waals surface area contributed by atoms with Gasteiger partial charge in [-0.05, 0) is 18.4 Å². The number of unbranched alkanes of at least 4 members (excludes halogenated alkanes) is 2. The molecule has 26 heavy (non-hydrogen) atoms. The van der Waals surface area contributed by atoms with Crippen molar-refractivity contribution in [2.75, 3.05) is 26.2 Å². The lowest BCUT2D eigenvalue weighted by Crippen LogP contribution is -2.29. The summed E-state index contributed by atoms with van der Waals surface area (Å²) >= 11 is 0. The van der Waals surface area contributed by atoms with Crippen LogP contribution >= 0.6 is 0 Å². The largest absolute Gasteiger partial charge is 0.445 e. The molecule has 0 bridgehead atoms. The van der Waals surface area contributed by atoms with Crippen LogP contribution in [0.3, 0.4) is 0 Å². The second kappa shape index (κ2) is 10.8. The van der Waals surface area contributed by atoms with Crippen LogP contribution in [-0.4, -0.2) is 59.5 Å². The maximum Gasteiger partial charge on any atom is 0.407 e. The number of β-amino-alcohol motifs (C(OH)–C–C–N with tert-alkyl or cyclic N) is 1. The Morgan fingerprint density at radius 2 is 1.92 bits per heavy atom. The quantitative estimate of drug-likeness (QED) is 0.574. The second-order valence-corrected chi connectivity index (χ2v) is 6.61.